The summed E-state index contributed by atoms with van der Waals surface area (Å²) in [5, 5.41) is 7.87. The second-order valence-electron chi connectivity index (χ2n) is 4.52. The van der Waals surface area contributed by atoms with Gasteiger partial charge in [-0.15, -0.1) is 5.10 Å². The van der Waals surface area contributed by atoms with Crippen LogP contribution in [0.15, 0.2) is 6.20 Å². The molecule has 1 aromatic rings. The van der Waals surface area contributed by atoms with Crippen LogP contribution in [-0.2, 0) is 18.2 Å². The second-order valence-corrected chi connectivity index (χ2v) is 4.52. The van der Waals surface area contributed by atoms with Crippen LogP contribution in [0.25, 0.3) is 0 Å². The molecule has 0 aliphatic carbocycles. The summed E-state index contributed by atoms with van der Waals surface area (Å²) in [5.41, 5.74) is 6.77. The summed E-state index contributed by atoms with van der Waals surface area (Å²) in [5.74, 6) is 0. The van der Waals surface area contributed by atoms with Crippen molar-refractivity contribution in [2.24, 2.45) is 12.8 Å². The van der Waals surface area contributed by atoms with Crippen molar-refractivity contribution in [2.75, 3.05) is 7.11 Å². The molecule has 0 saturated heterocycles. The van der Waals surface area contributed by atoms with Gasteiger partial charge in [0.15, 0.2) is 0 Å². The Balaban J connectivity index is 2.46. The SMILES string of the molecule is COC(C)(C)CC(N)Cc1cn(C)nn1. The number of rotatable bonds is 5. The van der Waals surface area contributed by atoms with E-state index in [1.54, 1.807) is 11.8 Å². The first-order chi connectivity index (χ1) is 6.93. The van der Waals surface area contributed by atoms with Gasteiger partial charge in [0.2, 0.25) is 0 Å². The minimum Gasteiger partial charge on any atom is -0.379 e. The lowest BCUT2D eigenvalue weighted by Crippen LogP contribution is -2.35. The standard InChI is InChI=1S/C10H20N4O/c1-10(2,15-4)6-8(11)5-9-7-14(3)13-12-9/h7-8H,5-6,11H2,1-4H3. The van der Waals surface area contributed by atoms with Gasteiger partial charge in [0.05, 0.1) is 11.3 Å². The molecule has 0 aromatic carbocycles. The maximum absolute atomic E-state index is 6.02. The molecule has 1 rings (SSSR count). The van der Waals surface area contributed by atoms with E-state index in [-0.39, 0.29) is 11.6 Å². The zero-order valence-corrected chi connectivity index (χ0v) is 9.90. The third-order valence-electron chi connectivity index (χ3n) is 2.43. The van der Waals surface area contributed by atoms with Gasteiger partial charge < -0.3 is 10.5 Å². The molecule has 1 heterocycles. The number of aromatic nitrogens is 3. The molecule has 0 saturated carbocycles. The van der Waals surface area contributed by atoms with E-state index < -0.39 is 0 Å². The maximum Gasteiger partial charge on any atom is 0.0842 e. The lowest BCUT2D eigenvalue weighted by Gasteiger charge is -2.26. The van der Waals surface area contributed by atoms with Crippen molar-refractivity contribution in [3.8, 4) is 0 Å². The molecular weight excluding hydrogens is 192 g/mol. The molecule has 0 aliphatic heterocycles. The van der Waals surface area contributed by atoms with Crippen LogP contribution in [0.1, 0.15) is 26.0 Å². The molecular formula is C10H20N4O. The molecule has 0 spiro atoms. The number of methoxy groups -OCH3 is 1. The van der Waals surface area contributed by atoms with Crippen molar-refractivity contribution in [2.45, 2.75) is 38.3 Å². The Morgan fingerprint density at radius 1 is 1.60 bits per heavy atom. The molecule has 0 radical (unpaired) electrons. The summed E-state index contributed by atoms with van der Waals surface area (Å²) in [6, 6.07) is 0.0525. The van der Waals surface area contributed by atoms with Crippen LogP contribution in [0.4, 0.5) is 0 Å². The number of aryl methyl sites for hydroxylation is 1. The number of hydrogen-bond donors (Lipinski definition) is 1. The molecule has 5 nitrogen and oxygen atoms in total. The predicted octanol–water partition coefficient (Wildman–Crippen LogP) is 0.500. The molecule has 0 amide bonds. The normalized spacial score (nSPS) is 14.2. The van der Waals surface area contributed by atoms with Crippen molar-refractivity contribution in [3.05, 3.63) is 11.9 Å². The van der Waals surface area contributed by atoms with Crippen molar-refractivity contribution < 1.29 is 4.74 Å². The summed E-state index contributed by atoms with van der Waals surface area (Å²) in [4.78, 5) is 0. The molecule has 2 N–H and O–H groups in total. The van der Waals surface area contributed by atoms with Crippen LogP contribution in [-0.4, -0.2) is 33.7 Å². The summed E-state index contributed by atoms with van der Waals surface area (Å²) < 4.78 is 7.01. The van der Waals surface area contributed by atoms with E-state index in [0.717, 1.165) is 18.5 Å². The monoisotopic (exact) mass is 212 g/mol. The Morgan fingerprint density at radius 3 is 2.73 bits per heavy atom. The third-order valence-corrected chi connectivity index (χ3v) is 2.43. The fourth-order valence-electron chi connectivity index (χ4n) is 1.54. The Hall–Kier alpha value is -0.940. The largest absolute Gasteiger partial charge is 0.379 e. The second kappa shape index (κ2) is 4.72. The molecule has 1 atom stereocenters. The quantitative estimate of drug-likeness (QED) is 0.772. The molecule has 5 heteroatoms. The third kappa shape index (κ3) is 3.97. The van der Waals surface area contributed by atoms with E-state index in [0.29, 0.717) is 0 Å². The average Bonchev–Trinajstić information content (AvgIpc) is 2.50. The summed E-state index contributed by atoms with van der Waals surface area (Å²) >= 11 is 0. The van der Waals surface area contributed by atoms with Gasteiger partial charge in [-0.25, -0.2) is 0 Å². The molecule has 15 heavy (non-hydrogen) atoms. The lowest BCUT2D eigenvalue weighted by atomic mass is 9.96. The van der Waals surface area contributed by atoms with Crippen LogP contribution in [0, 0.1) is 0 Å². The van der Waals surface area contributed by atoms with Crippen molar-refractivity contribution in [3.63, 3.8) is 0 Å². The molecule has 0 aliphatic rings. The lowest BCUT2D eigenvalue weighted by molar-refractivity contribution is 0.0101. The summed E-state index contributed by atoms with van der Waals surface area (Å²) in [6.45, 7) is 4.06. The maximum atomic E-state index is 6.02. The van der Waals surface area contributed by atoms with E-state index >= 15 is 0 Å². The Morgan fingerprint density at radius 2 is 2.27 bits per heavy atom. The molecule has 0 bridgehead atoms. The first-order valence-corrected chi connectivity index (χ1v) is 5.09. The Labute approximate surface area is 90.6 Å². The van der Waals surface area contributed by atoms with Gasteiger partial charge in [0.25, 0.3) is 0 Å². The van der Waals surface area contributed by atoms with Crippen LogP contribution >= 0.6 is 0 Å². The molecule has 1 unspecified atom stereocenters. The van der Waals surface area contributed by atoms with Crippen LogP contribution in [0.3, 0.4) is 0 Å². The van der Waals surface area contributed by atoms with Gasteiger partial charge >= 0.3 is 0 Å². The van der Waals surface area contributed by atoms with E-state index in [1.807, 2.05) is 27.1 Å². The van der Waals surface area contributed by atoms with Gasteiger partial charge in [-0.05, 0) is 20.3 Å². The average molecular weight is 212 g/mol. The van der Waals surface area contributed by atoms with Gasteiger partial charge in [0.1, 0.15) is 0 Å². The number of ether oxygens (including phenoxy) is 1. The van der Waals surface area contributed by atoms with Crippen molar-refractivity contribution >= 4 is 0 Å². The minimum atomic E-state index is -0.179. The van der Waals surface area contributed by atoms with E-state index in [4.69, 9.17) is 10.5 Å². The number of nitrogens with zero attached hydrogens (tertiary/aromatic N) is 3. The predicted molar refractivity (Wildman–Crippen MR) is 58.4 cm³/mol. The Bertz CT molecular complexity index is 308. The molecule has 1 aromatic heterocycles. The Kier molecular flexibility index (Phi) is 3.82. The van der Waals surface area contributed by atoms with Gasteiger partial charge in [0, 0.05) is 32.8 Å². The summed E-state index contributed by atoms with van der Waals surface area (Å²) in [7, 11) is 3.55. The van der Waals surface area contributed by atoms with E-state index in [2.05, 4.69) is 10.3 Å². The van der Waals surface area contributed by atoms with Gasteiger partial charge in [-0.3, -0.25) is 4.68 Å². The number of nitrogens with two attached hydrogens (primary N) is 1. The van der Waals surface area contributed by atoms with Gasteiger partial charge in [-0.2, -0.15) is 0 Å². The van der Waals surface area contributed by atoms with E-state index in [9.17, 15) is 0 Å². The molecule has 86 valence electrons. The van der Waals surface area contributed by atoms with Crippen LogP contribution in [0.5, 0.6) is 0 Å². The molecule has 0 fully saturated rings. The van der Waals surface area contributed by atoms with Crippen molar-refractivity contribution in [1.29, 1.82) is 0 Å². The first kappa shape index (κ1) is 12.1. The van der Waals surface area contributed by atoms with Crippen LogP contribution in [0.2, 0.25) is 0 Å². The zero-order valence-electron chi connectivity index (χ0n) is 9.90. The summed E-state index contributed by atoms with van der Waals surface area (Å²) in [6.07, 6.45) is 3.43. The highest BCUT2D eigenvalue weighted by Crippen LogP contribution is 2.16. The highest BCUT2D eigenvalue weighted by molar-refractivity contribution is 4.96. The zero-order chi connectivity index (χ0) is 11.5. The van der Waals surface area contributed by atoms with Crippen molar-refractivity contribution in [1.82, 2.24) is 15.0 Å². The van der Waals surface area contributed by atoms with Crippen LogP contribution < -0.4 is 5.73 Å². The number of hydrogen-bond acceptors (Lipinski definition) is 4. The van der Waals surface area contributed by atoms with Gasteiger partial charge in [-0.1, -0.05) is 5.21 Å². The minimum absolute atomic E-state index is 0.0525. The fraction of sp³-hybridized carbons (Fsp3) is 0.800. The first-order valence-electron chi connectivity index (χ1n) is 5.09. The highest BCUT2D eigenvalue weighted by atomic mass is 16.5. The highest BCUT2D eigenvalue weighted by Gasteiger charge is 2.21. The van der Waals surface area contributed by atoms with E-state index in [1.165, 1.54) is 0 Å². The fourth-order valence-corrected chi connectivity index (χ4v) is 1.54. The smallest absolute Gasteiger partial charge is 0.0842 e. The topological polar surface area (TPSA) is 66.0 Å².